The van der Waals surface area contributed by atoms with Gasteiger partial charge in [0, 0.05) is 12.3 Å². The molecule has 0 radical (unpaired) electrons. The van der Waals surface area contributed by atoms with E-state index in [9.17, 15) is 4.79 Å². The van der Waals surface area contributed by atoms with Crippen molar-refractivity contribution in [2.75, 3.05) is 5.88 Å². The minimum Gasteiger partial charge on any atom is -0.492 e. The van der Waals surface area contributed by atoms with Gasteiger partial charge in [-0.25, -0.2) is 4.98 Å². The molecule has 1 aromatic heterocycles. The summed E-state index contributed by atoms with van der Waals surface area (Å²) in [7, 11) is 0. The summed E-state index contributed by atoms with van der Waals surface area (Å²) in [5.41, 5.74) is -0.470. The average Bonchev–Trinajstić information content (AvgIpc) is 2.10. The van der Waals surface area contributed by atoms with Gasteiger partial charge in [0.2, 0.25) is 5.88 Å². The Morgan fingerprint density at radius 3 is 3.08 bits per heavy atom. The fraction of sp³-hybridized carbons (Fsp3) is 0.250. The molecule has 0 saturated carbocycles. The Morgan fingerprint density at radius 2 is 2.46 bits per heavy atom. The van der Waals surface area contributed by atoms with Crippen molar-refractivity contribution in [3.8, 4) is 17.7 Å². The molecule has 13 heavy (non-hydrogen) atoms. The molecule has 0 aliphatic rings. The smallest absolute Gasteiger partial charge is 0.270 e. The number of hydrogen-bond acceptors (Lipinski definition) is 3. The van der Waals surface area contributed by atoms with Crippen LogP contribution in [0.3, 0.4) is 0 Å². The van der Waals surface area contributed by atoms with Gasteiger partial charge in [-0.15, -0.1) is 11.6 Å². The van der Waals surface area contributed by atoms with E-state index >= 15 is 0 Å². The quantitative estimate of drug-likeness (QED) is 0.509. The second-order valence-corrected chi connectivity index (χ2v) is 2.55. The third-order valence-electron chi connectivity index (χ3n) is 1.27. The van der Waals surface area contributed by atoms with Crippen LogP contribution in [0.5, 0.6) is 5.88 Å². The fourth-order valence-electron chi connectivity index (χ4n) is 0.701. The molecule has 4 nitrogen and oxygen atoms in total. The number of halogens is 1. The third-order valence-corrected chi connectivity index (χ3v) is 1.46. The SMILES string of the molecule is O=c1[nH]cnc(O)c1C#CCCCl. The van der Waals surface area contributed by atoms with Crippen LogP contribution in [-0.4, -0.2) is 21.0 Å². The van der Waals surface area contributed by atoms with E-state index in [4.69, 9.17) is 16.7 Å². The number of aromatic amines is 1. The molecule has 0 aliphatic heterocycles. The summed E-state index contributed by atoms with van der Waals surface area (Å²) in [4.78, 5) is 16.8. The predicted molar refractivity (Wildman–Crippen MR) is 48.7 cm³/mol. The first-order chi connectivity index (χ1) is 6.25. The van der Waals surface area contributed by atoms with Crippen LogP contribution in [0.2, 0.25) is 0 Å². The van der Waals surface area contributed by atoms with Gasteiger partial charge in [-0.3, -0.25) is 4.79 Å². The van der Waals surface area contributed by atoms with Crippen LogP contribution in [0, 0.1) is 11.8 Å². The highest BCUT2D eigenvalue weighted by Crippen LogP contribution is 2.03. The predicted octanol–water partition coefficient (Wildman–Crippen LogP) is 0.456. The number of aromatic hydroxyl groups is 1. The summed E-state index contributed by atoms with van der Waals surface area (Å²) in [6, 6.07) is 0. The van der Waals surface area contributed by atoms with Crippen molar-refractivity contribution in [3.05, 3.63) is 22.2 Å². The third kappa shape index (κ3) is 2.49. The minimum atomic E-state index is -0.449. The van der Waals surface area contributed by atoms with Gasteiger partial charge in [0.25, 0.3) is 5.56 Å². The Hall–Kier alpha value is -1.47. The number of nitrogens with zero attached hydrogens (tertiary/aromatic N) is 1. The maximum absolute atomic E-state index is 11.0. The summed E-state index contributed by atoms with van der Waals surface area (Å²) < 4.78 is 0. The zero-order valence-electron chi connectivity index (χ0n) is 6.67. The molecule has 0 aromatic carbocycles. The number of hydrogen-bond donors (Lipinski definition) is 2. The van der Waals surface area contributed by atoms with Crippen LogP contribution >= 0.6 is 11.6 Å². The van der Waals surface area contributed by atoms with Gasteiger partial charge in [0.15, 0.2) is 5.56 Å². The summed E-state index contributed by atoms with van der Waals surface area (Å²) in [6.07, 6.45) is 1.58. The fourth-order valence-corrected chi connectivity index (χ4v) is 0.796. The first kappa shape index (κ1) is 9.62. The molecule has 0 fully saturated rings. The molecule has 5 heteroatoms. The van der Waals surface area contributed by atoms with Gasteiger partial charge < -0.3 is 10.1 Å². The average molecular weight is 199 g/mol. The minimum absolute atomic E-state index is 0.0207. The zero-order valence-corrected chi connectivity index (χ0v) is 7.43. The Labute approximate surface area is 79.6 Å². The van der Waals surface area contributed by atoms with Crippen molar-refractivity contribution in [3.63, 3.8) is 0 Å². The lowest BCUT2D eigenvalue weighted by Gasteiger charge is -1.91. The molecule has 0 unspecified atom stereocenters. The van der Waals surface area contributed by atoms with E-state index < -0.39 is 5.56 Å². The van der Waals surface area contributed by atoms with E-state index in [1.807, 2.05) is 0 Å². The highest BCUT2D eigenvalue weighted by Gasteiger charge is 2.02. The molecule has 0 spiro atoms. The van der Waals surface area contributed by atoms with E-state index in [0.29, 0.717) is 12.3 Å². The summed E-state index contributed by atoms with van der Waals surface area (Å²) in [5.74, 6) is 5.16. The van der Waals surface area contributed by atoms with E-state index in [1.165, 1.54) is 0 Å². The number of rotatable bonds is 1. The molecule has 0 bridgehead atoms. The number of nitrogens with one attached hydrogen (secondary N) is 1. The maximum atomic E-state index is 11.0. The number of aromatic nitrogens is 2. The van der Waals surface area contributed by atoms with Gasteiger partial charge in [-0.1, -0.05) is 11.8 Å². The Morgan fingerprint density at radius 1 is 1.69 bits per heavy atom. The molecular weight excluding hydrogens is 192 g/mol. The molecule has 2 N–H and O–H groups in total. The lowest BCUT2D eigenvalue weighted by Crippen LogP contribution is -2.09. The van der Waals surface area contributed by atoms with E-state index in [2.05, 4.69) is 21.8 Å². The van der Waals surface area contributed by atoms with Crippen molar-refractivity contribution in [2.24, 2.45) is 0 Å². The van der Waals surface area contributed by atoms with Crippen molar-refractivity contribution >= 4 is 11.6 Å². The van der Waals surface area contributed by atoms with Crippen LogP contribution in [0.15, 0.2) is 11.1 Å². The van der Waals surface area contributed by atoms with Crippen LogP contribution in [0.4, 0.5) is 0 Å². The molecule has 68 valence electrons. The van der Waals surface area contributed by atoms with Gasteiger partial charge in [-0.05, 0) is 0 Å². The van der Waals surface area contributed by atoms with Crippen molar-refractivity contribution in [1.29, 1.82) is 0 Å². The molecule has 0 aliphatic carbocycles. The monoisotopic (exact) mass is 198 g/mol. The lowest BCUT2D eigenvalue weighted by atomic mass is 10.3. The molecule has 1 heterocycles. The van der Waals surface area contributed by atoms with Crippen LogP contribution < -0.4 is 5.56 Å². The molecule has 1 rings (SSSR count). The van der Waals surface area contributed by atoms with E-state index in [1.54, 1.807) is 0 Å². The topological polar surface area (TPSA) is 66.0 Å². The van der Waals surface area contributed by atoms with Crippen molar-refractivity contribution in [2.45, 2.75) is 6.42 Å². The summed E-state index contributed by atoms with van der Waals surface area (Å²) in [5, 5.41) is 9.12. The van der Waals surface area contributed by atoms with E-state index in [0.717, 1.165) is 6.33 Å². The number of alkyl halides is 1. The van der Waals surface area contributed by atoms with Crippen LogP contribution in [0.1, 0.15) is 12.0 Å². The van der Waals surface area contributed by atoms with Gasteiger partial charge in [-0.2, -0.15) is 0 Å². The molecular formula is C8H7ClN2O2. The molecule has 0 atom stereocenters. The second-order valence-electron chi connectivity index (χ2n) is 2.17. The molecule has 0 saturated heterocycles. The van der Waals surface area contributed by atoms with Gasteiger partial charge in [0.1, 0.15) is 0 Å². The number of H-pyrrole nitrogens is 1. The molecule has 0 amide bonds. The standard InChI is InChI=1S/C8H7ClN2O2/c9-4-2-1-3-6-7(12)10-5-11-8(6)13/h5H,2,4H2,(H2,10,11,12,13). The summed E-state index contributed by atoms with van der Waals surface area (Å²) in [6.45, 7) is 0. The first-order valence-corrected chi connectivity index (χ1v) is 4.10. The maximum Gasteiger partial charge on any atom is 0.270 e. The first-order valence-electron chi connectivity index (χ1n) is 3.57. The van der Waals surface area contributed by atoms with Crippen molar-refractivity contribution in [1.82, 2.24) is 9.97 Å². The van der Waals surface area contributed by atoms with Crippen molar-refractivity contribution < 1.29 is 5.11 Å². The van der Waals surface area contributed by atoms with Gasteiger partial charge in [0.05, 0.1) is 6.33 Å². The molecule has 1 aromatic rings. The highest BCUT2D eigenvalue weighted by atomic mass is 35.5. The second kappa shape index (κ2) is 4.53. The zero-order chi connectivity index (χ0) is 9.68. The normalized spacial score (nSPS) is 9.00. The Bertz CT molecular complexity index is 403. The van der Waals surface area contributed by atoms with Gasteiger partial charge >= 0.3 is 0 Å². The van der Waals surface area contributed by atoms with Crippen LogP contribution in [0.25, 0.3) is 0 Å². The van der Waals surface area contributed by atoms with E-state index in [-0.39, 0.29) is 11.4 Å². The Balaban J connectivity index is 3.02. The Kier molecular flexibility index (Phi) is 3.35. The summed E-state index contributed by atoms with van der Waals surface area (Å²) >= 11 is 5.38. The largest absolute Gasteiger partial charge is 0.492 e. The lowest BCUT2D eigenvalue weighted by molar-refractivity contribution is 0.449. The highest BCUT2D eigenvalue weighted by molar-refractivity contribution is 6.18. The van der Waals surface area contributed by atoms with Crippen LogP contribution in [-0.2, 0) is 0 Å².